The van der Waals surface area contributed by atoms with E-state index in [2.05, 4.69) is 39.2 Å². The summed E-state index contributed by atoms with van der Waals surface area (Å²) in [5.74, 6) is 5.91. The predicted molar refractivity (Wildman–Crippen MR) is 142 cm³/mol. The topological polar surface area (TPSA) is 101 Å². The van der Waals surface area contributed by atoms with Crippen LogP contribution in [0.1, 0.15) is 52.2 Å². The van der Waals surface area contributed by atoms with E-state index in [-0.39, 0.29) is 11.6 Å². The number of nitrogens with two attached hydrogens (primary N) is 1. The molecular weight excluding hydrogens is 452 g/mol. The van der Waals surface area contributed by atoms with E-state index in [4.69, 9.17) is 13.2 Å². The second kappa shape index (κ2) is 11.1. The molecule has 1 aliphatic heterocycles. The van der Waals surface area contributed by atoms with Crippen molar-refractivity contribution in [2.24, 2.45) is 0 Å². The Morgan fingerprint density at radius 2 is 2.00 bits per heavy atom. The number of rotatable bonds is 7. The molecule has 2 aromatic heterocycles. The highest BCUT2D eigenvalue weighted by Gasteiger charge is 2.19. The van der Waals surface area contributed by atoms with Gasteiger partial charge in [0.05, 0.1) is 15.0 Å². The SMILES string of the molecule is [2H]C([2H])(Oc1cc(-c2cnn(C3CCN(C)CC3)c2)cnc1N)c1cc(C#CC(C)(C)O)ccc1CNC. The summed E-state index contributed by atoms with van der Waals surface area (Å²) in [6.07, 6.45) is 7.52. The van der Waals surface area contributed by atoms with Crippen LogP contribution < -0.4 is 15.8 Å². The van der Waals surface area contributed by atoms with Gasteiger partial charge in [0.1, 0.15) is 12.2 Å². The van der Waals surface area contributed by atoms with Crippen molar-refractivity contribution in [2.75, 3.05) is 32.9 Å². The Hall–Kier alpha value is -3.38. The van der Waals surface area contributed by atoms with Crippen molar-refractivity contribution in [2.45, 2.75) is 51.4 Å². The average molecular weight is 491 g/mol. The Bertz CT molecular complexity index is 1330. The summed E-state index contributed by atoms with van der Waals surface area (Å²) >= 11 is 0. The van der Waals surface area contributed by atoms with Gasteiger partial charge in [-0.3, -0.25) is 4.68 Å². The van der Waals surface area contributed by atoms with Crippen LogP contribution in [0.2, 0.25) is 0 Å². The summed E-state index contributed by atoms with van der Waals surface area (Å²) in [4.78, 5) is 6.60. The molecule has 1 saturated heterocycles. The van der Waals surface area contributed by atoms with Crippen molar-refractivity contribution in [3.63, 3.8) is 0 Å². The van der Waals surface area contributed by atoms with Crippen LogP contribution in [0.4, 0.5) is 5.82 Å². The first-order chi connectivity index (χ1) is 17.9. The number of hydrogen-bond acceptors (Lipinski definition) is 7. The maximum absolute atomic E-state index is 9.97. The fraction of sp³-hybridized carbons (Fsp3) is 0.429. The fourth-order valence-electron chi connectivity index (χ4n) is 4.07. The molecule has 1 aromatic carbocycles. The molecule has 4 N–H and O–H groups in total. The minimum absolute atomic E-state index is 0.0912. The number of anilines is 1. The van der Waals surface area contributed by atoms with Gasteiger partial charge in [-0.25, -0.2) is 4.98 Å². The van der Waals surface area contributed by atoms with Crippen LogP contribution >= 0.6 is 0 Å². The van der Waals surface area contributed by atoms with E-state index in [1.54, 1.807) is 57.6 Å². The zero-order valence-electron chi connectivity index (χ0n) is 23.4. The van der Waals surface area contributed by atoms with E-state index < -0.39 is 12.2 Å². The van der Waals surface area contributed by atoms with Crippen LogP contribution in [0.3, 0.4) is 0 Å². The van der Waals surface area contributed by atoms with Gasteiger partial charge in [-0.1, -0.05) is 17.9 Å². The molecule has 0 atom stereocenters. The number of ether oxygens (including phenoxy) is 1. The van der Waals surface area contributed by atoms with Crippen molar-refractivity contribution >= 4 is 5.82 Å². The molecule has 0 unspecified atom stereocenters. The van der Waals surface area contributed by atoms with Gasteiger partial charge in [-0.2, -0.15) is 5.10 Å². The van der Waals surface area contributed by atoms with E-state index in [1.807, 2.05) is 10.9 Å². The van der Waals surface area contributed by atoms with E-state index >= 15 is 0 Å². The molecule has 0 bridgehead atoms. The van der Waals surface area contributed by atoms with Crippen molar-refractivity contribution in [3.05, 3.63) is 59.5 Å². The van der Waals surface area contributed by atoms with Gasteiger partial charge in [0.15, 0.2) is 11.6 Å². The third-order valence-electron chi connectivity index (χ3n) is 6.14. The van der Waals surface area contributed by atoms with Gasteiger partial charge in [0, 0.05) is 35.6 Å². The Morgan fingerprint density at radius 1 is 1.22 bits per heavy atom. The lowest BCUT2D eigenvalue weighted by Gasteiger charge is -2.28. The number of nitrogen functional groups attached to an aromatic ring is 1. The third kappa shape index (κ3) is 6.64. The molecule has 3 aromatic rings. The molecule has 36 heavy (non-hydrogen) atoms. The molecular formula is C28H36N6O2. The number of nitrogens with zero attached hydrogens (tertiary/aromatic N) is 4. The van der Waals surface area contributed by atoms with Crippen LogP contribution in [-0.4, -0.2) is 57.6 Å². The van der Waals surface area contributed by atoms with Gasteiger partial charge in [-0.15, -0.1) is 0 Å². The Labute approximate surface area is 216 Å². The minimum atomic E-state index is -2.23. The number of piperidine rings is 1. The molecule has 8 heteroatoms. The van der Waals surface area contributed by atoms with Gasteiger partial charge < -0.3 is 25.8 Å². The molecule has 0 spiro atoms. The summed E-state index contributed by atoms with van der Waals surface area (Å²) < 4.78 is 25.5. The van der Waals surface area contributed by atoms with Crippen LogP contribution in [0.5, 0.6) is 5.75 Å². The fourth-order valence-corrected chi connectivity index (χ4v) is 4.07. The van der Waals surface area contributed by atoms with Gasteiger partial charge in [-0.05, 0) is 83.2 Å². The van der Waals surface area contributed by atoms with Crippen molar-refractivity contribution in [3.8, 4) is 28.7 Å². The van der Waals surface area contributed by atoms with Gasteiger partial charge in [0.2, 0.25) is 0 Å². The molecule has 0 radical (unpaired) electrons. The third-order valence-corrected chi connectivity index (χ3v) is 6.14. The predicted octanol–water partition coefficient (Wildman–Crippen LogP) is 3.21. The maximum Gasteiger partial charge on any atom is 0.166 e. The Balaban J connectivity index is 1.62. The van der Waals surface area contributed by atoms with Crippen LogP contribution in [0.25, 0.3) is 11.1 Å². The van der Waals surface area contributed by atoms with E-state index in [0.717, 1.165) is 37.1 Å². The van der Waals surface area contributed by atoms with Gasteiger partial charge >= 0.3 is 0 Å². The number of benzene rings is 1. The Morgan fingerprint density at radius 3 is 2.72 bits per heavy atom. The number of aromatic nitrogens is 3. The lowest BCUT2D eigenvalue weighted by molar-refractivity contribution is 0.143. The second-order valence-corrected chi connectivity index (χ2v) is 9.77. The quantitative estimate of drug-likeness (QED) is 0.437. The van der Waals surface area contributed by atoms with Crippen LogP contribution in [-0.2, 0) is 13.1 Å². The highest BCUT2D eigenvalue weighted by Crippen LogP contribution is 2.29. The normalized spacial score (nSPS) is 16.1. The molecule has 8 nitrogen and oxygen atoms in total. The molecule has 4 rings (SSSR count). The first kappa shape index (κ1) is 23.0. The van der Waals surface area contributed by atoms with E-state index in [1.165, 1.54) is 0 Å². The average Bonchev–Trinajstić information content (AvgIpc) is 3.35. The highest BCUT2D eigenvalue weighted by molar-refractivity contribution is 5.65. The minimum Gasteiger partial charge on any atom is -0.485 e. The number of likely N-dealkylation sites (tertiary alicyclic amines) is 1. The largest absolute Gasteiger partial charge is 0.485 e. The smallest absolute Gasteiger partial charge is 0.166 e. The monoisotopic (exact) mass is 490 g/mol. The molecule has 1 aliphatic rings. The highest BCUT2D eigenvalue weighted by atomic mass is 16.5. The van der Waals surface area contributed by atoms with Crippen molar-refractivity contribution in [1.82, 2.24) is 25.0 Å². The number of hydrogen-bond donors (Lipinski definition) is 3. The van der Waals surface area contributed by atoms with E-state index in [9.17, 15) is 5.11 Å². The molecule has 3 heterocycles. The summed E-state index contributed by atoms with van der Waals surface area (Å²) in [6, 6.07) is 7.29. The standard InChI is InChI=1S/C28H36N6O2/c1-28(2,35)10-7-20-5-6-21(15-30-3)23(13-20)19-36-26-14-22(16-31-27(26)29)24-17-32-34(18-24)25-8-11-33(4)12-9-25/h5-6,13-14,16-18,25,30,35H,8-9,11-12,15,19H2,1-4H3,(H2,29,31)/i19D2. The molecule has 190 valence electrons. The first-order valence-corrected chi connectivity index (χ1v) is 12.2. The number of aliphatic hydroxyl groups is 1. The second-order valence-electron chi connectivity index (χ2n) is 9.77. The molecule has 0 amide bonds. The summed E-state index contributed by atoms with van der Waals surface area (Å²) in [5.41, 5.74) is 8.15. The summed E-state index contributed by atoms with van der Waals surface area (Å²) in [7, 11) is 3.92. The summed E-state index contributed by atoms with van der Waals surface area (Å²) in [5, 5.41) is 17.6. The summed E-state index contributed by atoms with van der Waals surface area (Å²) in [6.45, 7) is 3.47. The first-order valence-electron chi connectivity index (χ1n) is 13.2. The molecule has 0 aliphatic carbocycles. The van der Waals surface area contributed by atoms with Crippen molar-refractivity contribution in [1.29, 1.82) is 0 Å². The zero-order chi connectivity index (χ0) is 27.5. The van der Waals surface area contributed by atoms with Crippen LogP contribution in [0, 0.1) is 11.8 Å². The van der Waals surface area contributed by atoms with Crippen LogP contribution in [0.15, 0.2) is 42.9 Å². The molecule has 1 fully saturated rings. The zero-order valence-corrected chi connectivity index (χ0v) is 21.4. The number of nitrogens with one attached hydrogen (secondary N) is 1. The lowest BCUT2D eigenvalue weighted by Crippen LogP contribution is -2.31. The maximum atomic E-state index is 9.97. The lowest BCUT2D eigenvalue weighted by atomic mass is 10.0. The van der Waals surface area contributed by atoms with Gasteiger partial charge in [0.25, 0.3) is 0 Å². The molecule has 0 saturated carbocycles. The van der Waals surface area contributed by atoms with E-state index in [0.29, 0.717) is 29.3 Å². The Kier molecular flexibility index (Phi) is 7.12. The number of pyridine rings is 1. The van der Waals surface area contributed by atoms with Crippen molar-refractivity contribution < 1.29 is 12.6 Å².